The maximum atomic E-state index is 10.1. The number of aliphatic hydroxyl groups excluding tert-OH is 2. The number of aryl methyl sites for hydroxylation is 1. The molecule has 1 unspecified atom stereocenters. The molecule has 0 amide bonds. The lowest BCUT2D eigenvalue weighted by molar-refractivity contribution is -0.156. The van der Waals surface area contributed by atoms with Crippen LogP contribution in [0.15, 0.2) is 24.3 Å². The smallest absolute Gasteiger partial charge is 0.0556 e. The first-order valence-corrected chi connectivity index (χ1v) is 6.75. The molecule has 4 nitrogen and oxygen atoms in total. The summed E-state index contributed by atoms with van der Waals surface area (Å²) < 4.78 is 0. The van der Waals surface area contributed by atoms with Crippen LogP contribution in [0, 0.1) is 12.8 Å². The lowest BCUT2D eigenvalue weighted by Gasteiger charge is -2.31. The zero-order valence-corrected chi connectivity index (χ0v) is 12.0. The van der Waals surface area contributed by atoms with Crippen LogP contribution in [0.3, 0.4) is 0 Å². The summed E-state index contributed by atoms with van der Waals surface area (Å²) in [4.78, 5) is 0. The van der Waals surface area contributed by atoms with Gasteiger partial charge in [0.2, 0.25) is 0 Å². The van der Waals surface area contributed by atoms with Gasteiger partial charge in [0.1, 0.15) is 0 Å². The highest BCUT2D eigenvalue weighted by molar-refractivity contribution is 5.21. The second-order valence-corrected chi connectivity index (χ2v) is 5.24. The molecule has 0 aliphatic heterocycles. The highest BCUT2D eigenvalue weighted by Crippen LogP contribution is 2.19. The fraction of sp³-hybridized carbons (Fsp3) is 0.600. The standard InChI is InChI=1S/C15H25NO3/c1-11-5-4-6-14(9-11)10-16(19)12(2)15(7-8-17)13(3)18/h4-6,9,12-13,15,17-19H,7-8,10H2,1-3H3/t12?,13-,15+/m0/s1. The van der Waals surface area contributed by atoms with Crippen molar-refractivity contribution in [2.75, 3.05) is 6.61 Å². The Morgan fingerprint density at radius 3 is 2.47 bits per heavy atom. The molecular weight excluding hydrogens is 242 g/mol. The molecule has 0 fully saturated rings. The molecule has 0 aliphatic rings. The van der Waals surface area contributed by atoms with Crippen LogP contribution in [-0.4, -0.2) is 39.2 Å². The third kappa shape index (κ3) is 4.91. The molecule has 108 valence electrons. The van der Waals surface area contributed by atoms with Gasteiger partial charge in [0.15, 0.2) is 0 Å². The number of rotatable bonds is 7. The largest absolute Gasteiger partial charge is 0.396 e. The second kappa shape index (κ2) is 7.60. The molecule has 0 aliphatic carbocycles. The van der Waals surface area contributed by atoms with Crippen molar-refractivity contribution in [3.05, 3.63) is 35.4 Å². The third-order valence-corrected chi connectivity index (χ3v) is 3.60. The molecule has 4 heteroatoms. The van der Waals surface area contributed by atoms with Crippen LogP contribution in [0.2, 0.25) is 0 Å². The molecular formula is C15H25NO3. The van der Waals surface area contributed by atoms with Gasteiger partial charge in [-0.15, -0.1) is 0 Å². The Balaban J connectivity index is 2.67. The second-order valence-electron chi connectivity index (χ2n) is 5.24. The highest BCUT2D eigenvalue weighted by atomic mass is 16.5. The van der Waals surface area contributed by atoms with Crippen molar-refractivity contribution in [1.29, 1.82) is 0 Å². The average Bonchev–Trinajstić information content (AvgIpc) is 2.34. The fourth-order valence-corrected chi connectivity index (χ4v) is 2.40. The van der Waals surface area contributed by atoms with Gasteiger partial charge in [-0.25, -0.2) is 0 Å². The first kappa shape index (κ1) is 16.1. The first-order chi connectivity index (χ1) is 8.95. The number of aliphatic hydroxyl groups is 2. The summed E-state index contributed by atoms with van der Waals surface area (Å²) in [7, 11) is 0. The Bertz CT molecular complexity index is 381. The Morgan fingerprint density at radius 2 is 1.95 bits per heavy atom. The summed E-state index contributed by atoms with van der Waals surface area (Å²) in [5, 5.41) is 30.1. The maximum absolute atomic E-state index is 10.1. The van der Waals surface area contributed by atoms with E-state index in [1.807, 2.05) is 38.1 Å². The topological polar surface area (TPSA) is 63.9 Å². The zero-order chi connectivity index (χ0) is 14.4. The predicted octanol–water partition coefficient (Wildman–Crippen LogP) is 1.95. The normalized spacial score (nSPS) is 16.4. The van der Waals surface area contributed by atoms with Gasteiger partial charge < -0.3 is 15.4 Å². The van der Waals surface area contributed by atoms with E-state index in [-0.39, 0.29) is 18.6 Å². The summed E-state index contributed by atoms with van der Waals surface area (Å²) in [6.07, 6.45) is -0.0849. The molecule has 0 bridgehead atoms. The minimum absolute atomic E-state index is 0.0121. The Morgan fingerprint density at radius 1 is 1.26 bits per heavy atom. The number of hydroxylamine groups is 2. The van der Waals surface area contributed by atoms with Crippen molar-refractivity contribution >= 4 is 0 Å². The van der Waals surface area contributed by atoms with Gasteiger partial charge >= 0.3 is 0 Å². The van der Waals surface area contributed by atoms with Gasteiger partial charge in [-0.1, -0.05) is 29.8 Å². The minimum atomic E-state index is -0.561. The van der Waals surface area contributed by atoms with Crippen LogP contribution >= 0.6 is 0 Å². The predicted molar refractivity (Wildman–Crippen MR) is 74.8 cm³/mol. The van der Waals surface area contributed by atoms with Gasteiger partial charge in [0, 0.05) is 25.1 Å². The van der Waals surface area contributed by atoms with Crippen LogP contribution in [0.1, 0.15) is 31.4 Å². The van der Waals surface area contributed by atoms with Crippen molar-refractivity contribution in [3.8, 4) is 0 Å². The van der Waals surface area contributed by atoms with Crippen molar-refractivity contribution in [3.63, 3.8) is 0 Å². The van der Waals surface area contributed by atoms with E-state index in [1.54, 1.807) is 6.92 Å². The molecule has 1 aromatic rings. The molecule has 0 aromatic heterocycles. The van der Waals surface area contributed by atoms with Crippen molar-refractivity contribution < 1.29 is 15.4 Å². The number of hydrogen-bond donors (Lipinski definition) is 3. The lowest BCUT2D eigenvalue weighted by atomic mass is 9.92. The molecule has 0 spiro atoms. The quantitative estimate of drug-likeness (QED) is 0.661. The van der Waals surface area contributed by atoms with Crippen LogP contribution in [-0.2, 0) is 6.54 Å². The Kier molecular flexibility index (Phi) is 6.45. The molecule has 0 saturated carbocycles. The van der Waals surface area contributed by atoms with Crippen molar-refractivity contribution in [2.24, 2.45) is 5.92 Å². The van der Waals surface area contributed by atoms with E-state index in [2.05, 4.69) is 0 Å². The van der Waals surface area contributed by atoms with Gasteiger partial charge in [-0.3, -0.25) is 0 Å². The highest BCUT2D eigenvalue weighted by Gasteiger charge is 2.26. The summed E-state index contributed by atoms with van der Waals surface area (Å²) in [6.45, 7) is 5.99. The van der Waals surface area contributed by atoms with E-state index < -0.39 is 6.10 Å². The number of benzene rings is 1. The van der Waals surface area contributed by atoms with E-state index in [1.165, 1.54) is 5.06 Å². The Hall–Kier alpha value is -0.940. The van der Waals surface area contributed by atoms with E-state index >= 15 is 0 Å². The zero-order valence-electron chi connectivity index (χ0n) is 12.0. The molecule has 0 heterocycles. The summed E-state index contributed by atoms with van der Waals surface area (Å²) >= 11 is 0. The molecule has 3 N–H and O–H groups in total. The van der Waals surface area contributed by atoms with Crippen LogP contribution < -0.4 is 0 Å². The Labute approximate surface area is 115 Å². The van der Waals surface area contributed by atoms with Gasteiger partial charge in [-0.2, -0.15) is 5.06 Å². The van der Waals surface area contributed by atoms with Crippen LogP contribution in [0.5, 0.6) is 0 Å². The molecule has 0 saturated heterocycles. The van der Waals surface area contributed by atoms with Crippen molar-refractivity contribution in [1.82, 2.24) is 5.06 Å². The number of hydrogen-bond acceptors (Lipinski definition) is 4. The molecule has 3 atom stereocenters. The SMILES string of the molecule is Cc1cccc(CN(O)C(C)[C@@H](CCO)[C@H](C)O)c1. The minimum Gasteiger partial charge on any atom is -0.396 e. The van der Waals surface area contributed by atoms with E-state index in [0.29, 0.717) is 13.0 Å². The van der Waals surface area contributed by atoms with Gasteiger partial charge in [0.25, 0.3) is 0 Å². The summed E-state index contributed by atoms with van der Waals surface area (Å²) in [6, 6.07) is 7.75. The molecule has 19 heavy (non-hydrogen) atoms. The van der Waals surface area contributed by atoms with Crippen molar-refractivity contribution in [2.45, 2.75) is 45.9 Å². The monoisotopic (exact) mass is 267 g/mol. The molecule has 0 radical (unpaired) electrons. The first-order valence-electron chi connectivity index (χ1n) is 6.75. The number of nitrogens with zero attached hydrogens (tertiary/aromatic N) is 1. The van der Waals surface area contributed by atoms with E-state index in [0.717, 1.165) is 11.1 Å². The third-order valence-electron chi connectivity index (χ3n) is 3.60. The van der Waals surface area contributed by atoms with E-state index in [9.17, 15) is 10.3 Å². The fourth-order valence-electron chi connectivity index (χ4n) is 2.40. The van der Waals surface area contributed by atoms with E-state index in [4.69, 9.17) is 5.11 Å². The lowest BCUT2D eigenvalue weighted by Crippen LogP contribution is -2.40. The van der Waals surface area contributed by atoms with Crippen LogP contribution in [0.25, 0.3) is 0 Å². The average molecular weight is 267 g/mol. The van der Waals surface area contributed by atoms with Crippen LogP contribution in [0.4, 0.5) is 0 Å². The summed E-state index contributed by atoms with van der Waals surface area (Å²) in [5.74, 6) is -0.153. The molecule has 1 rings (SSSR count). The maximum Gasteiger partial charge on any atom is 0.0556 e. The van der Waals surface area contributed by atoms with Gasteiger partial charge in [-0.05, 0) is 32.8 Å². The molecule has 1 aromatic carbocycles. The summed E-state index contributed by atoms with van der Waals surface area (Å²) in [5.41, 5.74) is 2.18. The van der Waals surface area contributed by atoms with Gasteiger partial charge in [0.05, 0.1) is 6.10 Å².